The normalized spacial score (nSPS) is 12.1. The summed E-state index contributed by atoms with van der Waals surface area (Å²) in [6.45, 7) is 16.1. The summed E-state index contributed by atoms with van der Waals surface area (Å²) in [5.74, 6) is -0.308. The molecule has 68 heavy (non-hydrogen) atoms. The molecule has 12 nitrogen and oxygen atoms in total. The quantitative estimate of drug-likeness (QED) is 0.0328. The van der Waals surface area contributed by atoms with Crippen molar-refractivity contribution in [3.63, 3.8) is 0 Å². The van der Waals surface area contributed by atoms with Gasteiger partial charge in [-0.2, -0.15) is 0 Å². The molecule has 0 fully saturated rings. The predicted octanol–water partition coefficient (Wildman–Crippen LogP) is 12.9. The smallest absolute Gasteiger partial charge is 0.306 e. The first-order chi connectivity index (χ1) is 33.5. The van der Waals surface area contributed by atoms with Gasteiger partial charge in [-0.15, -0.1) is 0 Å². The van der Waals surface area contributed by atoms with E-state index in [9.17, 15) is 14.4 Å². The minimum absolute atomic E-state index is 0.0438. The molecule has 1 atom stereocenters. The average Bonchev–Trinajstić information content (AvgIpc) is 3.34. The summed E-state index contributed by atoms with van der Waals surface area (Å²) in [6.07, 6.45) is 37.4. The standard InChI is InChI=1S/C56H105NO11/c1-5-9-12-15-18-26-34-43-67-54(58)36-29-22-20-25-32-41-65-52-53(66-42-33-28-21-23-30-37-55(59)68-44-35-27-19-16-13-10-6-2)56(60)57(38-31-24-17-14-11-7-3)39-45-62-47-49-64-51-50-63-48-46-61-40-8-4/h26-27,34-35,53H,5-25,28-33,36-52H2,1-4H3/b34-26-,35-27-. The number of ether oxygens (including phenoxy) is 8. The highest BCUT2D eigenvalue weighted by Crippen LogP contribution is 2.13. The third kappa shape index (κ3) is 48.7. The summed E-state index contributed by atoms with van der Waals surface area (Å²) in [5.41, 5.74) is 0. The topological polar surface area (TPSA) is 128 Å². The van der Waals surface area contributed by atoms with Crippen LogP contribution in [0, 0.1) is 0 Å². The van der Waals surface area contributed by atoms with Gasteiger partial charge in [-0.3, -0.25) is 14.4 Å². The summed E-state index contributed by atoms with van der Waals surface area (Å²) in [5, 5.41) is 0. The van der Waals surface area contributed by atoms with Crippen molar-refractivity contribution in [3.05, 3.63) is 24.3 Å². The molecule has 0 aliphatic rings. The fourth-order valence-electron chi connectivity index (χ4n) is 7.39. The Morgan fingerprint density at radius 3 is 1.32 bits per heavy atom. The highest BCUT2D eigenvalue weighted by molar-refractivity contribution is 5.81. The molecule has 1 unspecified atom stereocenters. The van der Waals surface area contributed by atoms with E-state index >= 15 is 0 Å². The summed E-state index contributed by atoms with van der Waals surface area (Å²) < 4.78 is 45.8. The lowest BCUT2D eigenvalue weighted by atomic mass is 10.1. The number of nitrogens with zero attached hydrogens (tertiary/aromatic N) is 1. The van der Waals surface area contributed by atoms with Gasteiger partial charge in [-0.25, -0.2) is 0 Å². The Labute approximate surface area is 417 Å². The molecule has 0 N–H and O–H groups in total. The highest BCUT2D eigenvalue weighted by atomic mass is 16.6. The van der Waals surface area contributed by atoms with E-state index in [1.807, 2.05) is 17.1 Å². The molecule has 400 valence electrons. The SMILES string of the molecule is CCCCCC/C=C\COC(=O)CCCCCCCOCC(OCCCCCCCC(=O)OC/C=C\CCCCCC)C(=O)N(CCCCCCCC)CCOCCOCCOCCOCCC. The van der Waals surface area contributed by atoms with Crippen LogP contribution in [0.25, 0.3) is 0 Å². The van der Waals surface area contributed by atoms with E-state index in [1.54, 1.807) is 0 Å². The number of rotatable bonds is 55. The number of unbranched alkanes of at least 4 members (excludes halogenated alkanes) is 21. The Morgan fingerprint density at radius 1 is 0.382 bits per heavy atom. The Bertz CT molecular complexity index is 1140. The molecule has 0 aromatic rings. The molecule has 1 amide bonds. The maximum Gasteiger partial charge on any atom is 0.306 e. The van der Waals surface area contributed by atoms with E-state index in [2.05, 4.69) is 39.8 Å². The van der Waals surface area contributed by atoms with E-state index in [0.717, 1.165) is 103 Å². The highest BCUT2D eigenvalue weighted by Gasteiger charge is 2.25. The molecule has 0 aromatic heterocycles. The third-order valence-corrected chi connectivity index (χ3v) is 11.6. The molecule has 0 aliphatic carbocycles. The van der Waals surface area contributed by atoms with Crippen molar-refractivity contribution >= 4 is 17.8 Å². The van der Waals surface area contributed by atoms with Crippen molar-refractivity contribution in [2.45, 2.75) is 220 Å². The molecular formula is C56H105NO11. The monoisotopic (exact) mass is 968 g/mol. The van der Waals surface area contributed by atoms with Crippen molar-refractivity contribution in [2.75, 3.05) is 99.0 Å². The summed E-state index contributed by atoms with van der Waals surface area (Å²) in [7, 11) is 0. The maximum atomic E-state index is 14.2. The minimum atomic E-state index is -0.687. The lowest BCUT2D eigenvalue weighted by Gasteiger charge is -2.28. The molecule has 0 aliphatic heterocycles. The number of hydrogen-bond acceptors (Lipinski definition) is 11. The van der Waals surface area contributed by atoms with Crippen molar-refractivity contribution in [3.8, 4) is 0 Å². The van der Waals surface area contributed by atoms with Crippen LogP contribution in [0.15, 0.2) is 24.3 Å². The summed E-state index contributed by atoms with van der Waals surface area (Å²) in [6, 6.07) is 0. The van der Waals surface area contributed by atoms with E-state index in [4.69, 9.17) is 37.9 Å². The van der Waals surface area contributed by atoms with Gasteiger partial charge >= 0.3 is 11.9 Å². The van der Waals surface area contributed by atoms with Gasteiger partial charge in [0.15, 0.2) is 6.10 Å². The fourth-order valence-corrected chi connectivity index (χ4v) is 7.39. The lowest BCUT2D eigenvalue weighted by molar-refractivity contribution is -0.149. The zero-order valence-corrected chi connectivity index (χ0v) is 44.4. The van der Waals surface area contributed by atoms with Crippen LogP contribution in [0.4, 0.5) is 0 Å². The number of hydrogen-bond donors (Lipinski definition) is 0. The lowest BCUT2D eigenvalue weighted by Crippen LogP contribution is -2.45. The Morgan fingerprint density at radius 2 is 0.809 bits per heavy atom. The van der Waals surface area contributed by atoms with E-state index < -0.39 is 6.10 Å². The van der Waals surface area contributed by atoms with Gasteiger partial charge in [0, 0.05) is 45.8 Å². The maximum absolute atomic E-state index is 14.2. The molecule has 0 aromatic carbocycles. The first-order valence-electron chi connectivity index (χ1n) is 27.9. The first-order valence-corrected chi connectivity index (χ1v) is 27.9. The van der Waals surface area contributed by atoms with Gasteiger partial charge in [-0.05, 0) is 64.2 Å². The van der Waals surface area contributed by atoms with Crippen LogP contribution in [-0.4, -0.2) is 128 Å². The second-order valence-corrected chi connectivity index (χ2v) is 18.0. The van der Waals surface area contributed by atoms with Gasteiger partial charge in [0.25, 0.3) is 5.91 Å². The average molecular weight is 968 g/mol. The molecule has 12 heteroatoms. The van der Waals surface area contributed by atoms with Crippen LogP contribution in [-0.2, 0) is 52.3 Å². The second kappa shape index (κ2) is 55.6. The van der Waals surface area contributed by atoms with E-state index in [-0.39, 0.29) is 24.5 Å². The fraction of sp³-hybridized carbons (Fsp3) is 0.875. The van der Waals surface area contributed by atoms with Gasteiger partial charge < -0.3 is 42.8 Å². The summed E-state index contributed by atoms with van der Waals surface area (Å²) >= 11 is 0. The van der Waals surface area contributed by atoms with Crippen molar-refractivity contribution in [2.24, 2.45) is 0 Å². The van der Waals surface area contributed by atoms with Crippen molar-refractivity contribution < 1.29 is 52.3 Å². The molecule has 0 heterocycles. The Kier molecular flexibility index (Phi) is 53.7. The predicted molar refractivity (Wildman–Crippen MR) is 277 cm³/mol. The molecule has 0 rings (SSSR count). The number of allylic oxidation sites excluding steroid dienone is 2. The van der Waals surface area contributed by atoms with Crippen molar-refractivity contribution in [1.29, 1.82) is 0 Å². The van der Waals surface area contributed by atoms with Crippen molar-refractivity contribution in [1.82, 2.24) is 4.90 Å². The van der Waals surface area contributed by atoms with Crippen LogP contribution in [0.2, 0.25) is 0 Å². The zero-order valence-electron chi connectivity index (χ0n) is 44.4. The Hall–Kier alpha value is -2.35. The number of carbonyl (C=O) groups excluding carboxylic acids is 3. The minimum Gasteiger partial charge on any atom is -0.461 e. The Balaban J connectivity index is 4.93. The third-order valence-electron chi connectivity index (χ3n) is 11.6. The molecule has 0 radical (unpaired) electrons. The molecular weight excluding hydrogens is 863 g/mol. The van der Waals surface area contributed by atoms with Crippen LogP contribution in [0.3, 0.4) is 0 Å². The molecule has 0 saturated carbocycles. The van der Waals surface area contributed by atoms with E-state index in [0.29, 0.717) is 98.6 Å². The van der Waals surface area contributed by atoms with Crippen LogP contribution >= 0.6 is 0 Å². The van der Waals surface area contributed by atoms with Crippen LogP contribution < -0.4 is 0 Å². The number of carbonyl (C=O) groups is 3. The number of amides is 1. The van der Waals surface area contributed by atoms with Gasteiger partial charge in [0.1, 0.15) is 13.2 Å². The van der Waals surface area contributed by atoms with Crippen LogP contribution in [0.1, 0.15) is 214 Å². The number of esters is 2. The first kappa shape index (κ1) is 65.7. The zero-order chi connectivity index (χ0) is 49.5. The van der Waals surface area contributed by atoms with Gasteiger partial charge in [-0.1, -0.05) is 161 Å². The van der Waals surface area contributed by atoms with Gasteiger partial charge in [0.2, 0.25) is 0 Å². The largest absolute Gasteiger partial charge is 0.461 e. The van der Waals surface area contributed by atoms with Gasteiger partial charge in [0.05, 0.1) is 52.9 Å². The van der Waals surface area contributed by atoms with E-state index in [1.165, 1.54) is 77.0 Å². The second-order valence-electron chi connectivity index (χ2n) is 18.0. The molecule has 0 spiro atoms. The molecule has 0 saturated heterocycles. The summed E-state index contributed by atoms with van der Waals surface area (Å²) in [4.78, 5) is 40.4. The van der Waals surface area contributed by atoms with Crippen LogP contribution in [0.5, 0.6) is 0 Å². The molecule has 0 bridgehead atoms.